The Morgan fingerprint density at radius 1 is 1.50 bits per heavy atom. The van der Waals surface area contributed by atoms with Crippen molar-refractivity contribution in [3.63, 3.8) is 0 Å². The topological polar surface area (TPSA) is 32.9 Å². The van der Waals surface area contributed by atoms with Crippen molar-refractivity contribution in [3.05, 3.63) is 35.8 Å². The molecule has 2 unspecified atom stereocenters. The predicted octanol–water partition coefficient (Wildman–Crippen LogP) is 3.15. The van der Waals surface area contributed by atoms with Gasteiger partial charge < -0.3 is 4.98 Å². The smallest absolute Gasteiger partial charge is 0.168 e. The summed E-state index contributed by atoms with van der Waals surface area (Å²) in [7, 11) is 0. The number of H-pyrrole nitrogens is 1. The molecule has 1 aromatic heterocycles. The summed E-state index contributed by atoms with van der Waals surface area (Å²) in [6.45, 7) is 2.05. The van der Waals surface area contributed by atoms with E-state index in [1.165, 1.54) is 6.07 Å². The fourth-order valence-corrected chi connectivity index (χ4v) is 2.22. The van der Waals surface area contributed by atoms with Crippen molar-refractivity contribution in [2.45, 2.75) is 13.3 Å². The summed E-state index contributed by atoms with van der Waals surface area (Å²) in [4.78, 5) is 15.0. The summed E-state index contributed by atoms with van der Waals surface area (Å²) in [5.41, 5.74) is 1.19. The molecule has 16 heavy (non-hydrogen) atoms. The Kier molecular flexibility index (Phi) is 1.90. The summed E-state index contributed by atoms with van der Waals surface area (Å²) in [5.74, 6) is 0.294. The highest BCUT2D eigenvalue weighted by atomic mass is 19.1. The van der Waals surface area contributed by atoms with Crippen LogP contribution in [0, 0.1) is 17.7 Å². The number of carbonyl (C=O) groups is 1. The van der Waals surface area contributed by atoms with Gasteiger partial charge in [0.1, 0.15) is 5.82 Å². The molecule has 3 heteroatoms. The van der Waals surface area contributed by atoms with E-state index >= 15 is 0 Å². The lowest BCUT2D eigenvalue weighted by Gasteiger charge is -1.98. The molecule has 2 nitrogen and oxygen atoms in total. The highest BCUT2D eigenvalue weighted by Gasteiger charge is 2.40. The van der Waals surface area contributed by atoms with E-state index in [0.717, 1.165) is 6.42 Å². The molecule has 3 rings (SSSR count). The third-order valence-corrected chi connectivity index (χ3v) is 3.37. The molecule has 2 aromatic rings. The predicted molar refractivity (Wildman–Crippen MR) is 59.9 cm³/mol. The van der Waals surface area contributed by atoms with E-state index < -0.39 is 0 Å². The van der Waals surface area contributed by atoms with E-state index in [1.54, 1.807) is 18.3 Å². The fourth-order valence-electron chi connectivity index (χ4n) is 2.22. The SMILES string of the molecule is CC1CC1C(=O)c1c[nH]c2cccc(F)c12. The Bertz CT molecular complexity index is 572. The lowest BCUT2D eigenvalue weighted by atomic mass is 10.0. The molecular weight excluding hydrogens is 205 g/mol. The van der Waals surface area contributed by atoms with Crippen molar-refractivity contribution >= 4 is 16.7 Å². The van der Waals surface area contributed by atoms with Crippen LogP contribution >= 0.6 is 0 Å². The number of aromatic amines is 1. The van der Waals surface area contributed by atoms with Crippen molar-refractivity contribution in [1.82, 2.24) is 4.98 Å². The first-order valence-corrected chi connectivity index (χ1v) is 5.48. The number of nitrogens with one attached hydrogen (secondary N) is 1. The average Bonchev–Trinajstić information content (AvgIpc) is 2.83. The maximum Gasteiger partial charge on any atom is 0.168 e. The molecule has 0 spiro atoms. The van der Waals surface area contributed by atoms with Gasteiger partial charge in [0.25, 0.3) is 0 Å². The zero-order valence-corrected chi connectivity index (χ0v) is 8.96. The molecule has 1 aliphatic rings. The molecule has 0 amide bonds. The molecule has 0 bridgehead atoms. The molecule has 0 radical (unpaired) electrons. The van der Waals surface area contributed by atoms with Gasteiger partial charge in [0.15, 0.2) is 5.78 Å². The lowest BCUT2D eigenvalue weighted by molar-refractivity contribution is 0.0964. The monoisotopic (exact) mass is 217 g/mol. The van der Waals surface area contributed by atoms with Crippen molar-refractivity contribution in [3.8, 4) is 0 Å². The molecule has 2 atom stereocenters. The van der Waals surface area contributed by atoms with Crippen LogP contribution in [0.2, 0.25) is 0 Å². The van der Waals surface area contributed by atoms with Crippen LogP contribution in [0.15, 0.2) is 24.4 Å². The molecule has 1 saturated carbocycles. The zero-order chi connectivity index (χ0) is 11.3. The standard InChI is InChI=1S/C13H12FNO/c1-7-5-8(7)13(16)9-6-15-11-4-2-3-10(14)12(9)11/h2-4,6-8,15H,5H2,1H3. The number of aromatic nitrogens is 1. The molecule has 1 aliphatic carbocycles. The van der Waals surface area contributed by atoms with Gasteiger partial charge in [0.2, 0.25) is 0 Å². The van der Waals surface area contributed by atoms with Crippen molar-refractivity contribution in [2.75, 3.05) is 0 Å². The van der Waals surface area contributed by atoms with E-state index in [-0.39, 0.29) is 17.5 Å². The van der Waals surface area contributed by atoms with Gasteiger partial charge in [-0.2, -0.15) is 0 Å². The van der Waals surface area contributed by atoms with Crippen LogP contribution in [-0.4, -0.2) is 10.8 Å². The van der Waals surface area contributed by atoms with E-state index in [2.05, 4.69) is 4.98 Å². The summed E-state index contributed by atoms with van der Waals surface area (Å²) in [5, 5.41) is 0.437. The summed E-state index contributed by atoms with van der Waals surface area (Å²) in [6, 6.07) is 4.82. The second-order valence-corrected chi connectivity index (χ2v) is 4.55. The number of Topliss-reactive ketones (excluding diaryl/α,β-unsaturated/α-hetero) is 1. The summed E-state index contributed by atoms with van der Waals surface area (Å²) < 4.78 is 13.6. The van der Waals surface area contributed by atoms with Crippen LogP contribution in [0.1, 0.15) is 23.7 Å². The number of hydrogen-bond acceptors (Lipinski definition) is 1. The van der Waals surface area contributed by atoms with Gasteiger partial charge in [-0.15, -0.1) is 0 Å². The molecule has 0 saturated heterocycles. The Morgan fingerprint density at radius 2 is 2.25 bits per heavy atom. The first-order chi connectivity index (χ1) is 7.68. The fraction of sp³-hybridized carbons (Fsp3) is 0.308. The second-order valence-electron chi connectivity index (χ2n) is 4.55. The van der Waals surface area contributed by atoms with Gasteiger partial charge in [-0.3, -0.25) is 4.79 Å². The van der Waals surface area contributed by atoms with Gasteiger partial charge in [0.05, 0.1) is 0 Å². The van der Waals surface area contributed by atoms with E-state index in [0.29, 0.717) is 22.4 Å². The minimum absolute atomic E-state index is 0.0730. The molecule has 1 aromatic carbocycles. The number of benzene rings is 1. The van der Waals surface area contributed by atoms with Crippen LogP contribution in [0.4, 0.5) is 4.39 Å². The van der Waals surface area contributed by atoms with Gasteiger partial charge in [-0.25, -0.2) is 4.39 Å². The maximum absolute atomic E-state index is 13.6. The van der Waals surface area contributed by atoms with Crippen LogP contribution in [0.3, 0.4) is 0 Å². The number of carbonyl (C=O) groups excluding carboxylic acids is 1. The van der Waals surface area contributed by atoms with Gasteiger partial charge in [-0.1, -0.05) is 13.0 Å². The van der Waals surface area contributed by atoms with Crippen LogP contribution in [-0.2, 0) is 0 Å². The number of ketones is 1. The quantitative estimate of drug-likeness (QED) is 0.770. The largest absolute Gasteiger partial charge is 0.360 e. The zero-order valence-electron chi connectivity index (χ0n) is 8.96. The normalized spacial score (nSPS) is 23.6. The second kappa shape index (κ2) is 3.17. The lowest BCUT2D eigenvalue weighted by Crippen LogP contribution is -2.02. The number of fused-ring (bicyclic) bond motifs is 1. The first kappa shape index (κ1) is 9.58. The van der Waals surface area contributed by atoms with Crippen molar-refractivity contribution in [2.24, 2.45) is 11.8 Å². The Balaban J connectivity index is 2.13. The minimum Gasteiger partial charge on any atom is -0.360 e. The van der Waals surface area contributed by atoms with Gasteiger partial charge >= 0.3 is 0 Å². The number of hydrogen-bond donors (Lipinski definition) is 1. The summed E-state index contributed by atoms with van der Waals surface area (Å²) >= 11 is 0. The third-order valence-electron chi connectivity index (χ3n) is 3.37. The number of halogens is 1. The van der Waals surface area contributed by atoms with E-state index in [4.69, 9.17) is 0 Å². The molecule has 0 aliphatic heterocycles. The van der Waals surface area contributed by atoms with Crippen LogP contribution < -0.4 is 0 Å². The molecular formula is C13H12FNO. The highest BCUT2D eigenvalue weighted by molar-refractivity contribution is 6.10. The van der Waals surface area contributed by atoms with Gasteiger partial charge in [0, 0.05) is 28.6 Å². The molecule has 1 N–H and O–H groups in total. The highest BCUT2D eigenvalue weighted by Crippen LogP contribution is 2.41. The summed E-state index contributed by atoms with van der Waals surface area (Å²) in [6.07, 6.45) is 2.56. The van der Waals surface area contributed by atoms with Crippen LogP contribution in [0.5, 0.6) is 0 Å². The first-order valence-electron chi connectivity index (χ1n) is 5.48. The van der Waals surface area contributed by atoms with E-state index in [1.807, 2.05) is 6.92 Å². The maximum atomic E-state index is 13.6. The van der Waals surface area contributed by atoms with Gasteiger partial charge in [-0.05, 0) is 24.5 Å². The van der Waals surface area contributed by atoms with Crippen molar-refractivity contribution < 1.29 is 9.18 Å². The van der Waals surface area contributed by atoms with E-state index in [9.17, 15) is 9.18 Å². The number of rotatable bonds is 2. The van der Waals surface area contributed by atoms with Crippen molar-refractivity contribution in [1.29, 1.82) is 0 Å². The Hall–Kier alpha value is -1.64. The molecule has 1 heterocycles. The third kappa shape index (κ3) is 1.28. The Morgan fingerprint density at radius 3 is 2.94 bits per heavy atom. The Labute approximate surface area is 92.5 Å². The molecule has 82 valence electrons. The van der Waals surface area contributed by atoms with Crippen LogP contribution in [0.25, 0.3) is 10.9 Å². The molecule has 1 fully saturated rings. The average molecular weight is 217 g/mol. The minimum atomic E-state index is -0.324.